The van der Waals surface area contributed by atoms with Crippen LogP contribution in [-0.4, -0.2) is 27.9 Å². The van der Waals surface area contributed by atoms with Crippen molar-refractivity contribution < 1.29 is 28.9 Å². The first kappa shape index (κ1) is 27.3. The summed E-state index contributed by atoms with van der Waals surface area (Å²) in [6, 6.07) is 17.6. The van der Waals surface area contributed by atoms with E-state index in [1.165, 1.54) is 16.7 Å². The molecule has 214 valence electrons. The highest BCUT2D eigenvalue weighted by Crippen LogP contribution is 2.59. The Bertz CT molecular complexity index is 1630. The van der Waals surface area contributed by atoms with Gasteiger partial charge in [0.25, 0.3) is 11.4 Å². The zero-order valence-electron chi connectivity index (χ0n) is 22.9. The van der Waals surface area contributed by atoms with Crippen LogP contribution in [0.25, 0.3) is 5.57 Å². The van der Waals surface area contributed by atoms with Crippen LogP contribution in [0, 0.1) is 31.6 Å². The predicted molar refractivity (Wildman–Crippen MR) is 152 cm³/mol. The van der Waals surface area contributed by atoms with E-state index in [9.17, 15) is 29.8 Å². The smallest absolute Gasteiger partial charge is 0.343 e. The fraction of sp³-hybridized carbons (Fsp3) is 0.312. The van der Waals surface area contributed by atoms with Gasteiger partial charge in [-0.15, -0.1) is 0 Å². The molecule has 0 aromatic heterocycles. The molecule has 0 radical (unpaired) electrons. The fourth-order valence-electron chi connectivity index (χ4n) is 6.97. The van der Waals surface area contributed by atoms with Crippen molar-refractivity contribution in [2.24, 2.45) is 11.3 Å². The molecule has 3 aliphatic rings. The monoisotopic (exact) mass is 568 g/mol. The van der Waals surface area contributed by atoms with Crippen LogP contribution in [0.3, 0.4) is 0 Å². The van der Waals surface area contributed by atoms with Crippen LogP contribution in [-0.2, 0) is 11.2 Å². The van der Waals surface area contributed by atoms with Crippen molar-refractivity contribution in [3.05, 3.63) is 115 Å². The van der Waals surface area contributed by atoms with Gasteiger partial charge in [0.15, 0.2) is 0 Å². The predicted octanol–water partition coefficient (Wildman–Crippen LogP) is 6.86. The lowest BCUT2D eigenvalue weighted by Gasteiger charge is -2.44. The lowest BCUT2D eigenvalue weighted by Crippen LogP contribution is -2.39. The summed E-state index contributed by atoms with van der Waals surface area (Å²) in [5, 5.41) is 22.6. The molecular weight excluding hydrogens is 540 g/mol. The largest absolute Gasteiger partial charge is 0.458 e. The number of aryl methyl sites for hydroxylation is 1. The fourth-order valence-corrected chi connectivity index (χ4v) is 6.97. The van der Waals surface area contributed by atoms with E-state index >= 15 is 0 Å². The van der Waals surface area contributed by atoms with Gasteiger partial charge in [-0.2, -0.15) is 0 Å². The first-order valence-corrected chi connectivity index (χ1v) is 13.9. The maximum Gasteiger partial charge on any atom is 0.343 e. The van der Waals surface area contributed by atoms with Crippen molar-refractivity contribution in [1.29, 1.82) is 0 Å². The Labute approximate surface area is 241 Å². The minimum atomic E-state index is -0.792. The van der Waals surface area contributed by atoms with E-state index in [1.54, 1.807) is 24.3 Å². The van der Waals surface area contributed by atoms with Crippen LogP contribution in [0.2, 0.25) is 0 Å². The number of allylic oxidation sites excluding steroid dienone is 2. The van der Waals surface area contributed by atoms with Crippen molar-refractivity contribution in [1.82, 2.24) is 0 Å². The number of carbonyl (C=O) groups is 2. The van der Waals surface area contributed by atoms with Crippen molar-refractivity contribution in [3.8, 4) is 5.75 Å². The number of nitro groups is 2. The molecular formula is C32H28N2O8. The number of fused-ring (bicyclic) bond motifs is 4. The van der Waals surface area contributed by atoms with Crippen LogP contribution in [0.15, 0.2) is 72.3 Å². The van der Waals surface area contributed by atoms with Gasteiger partial charge in [-0.1, -0.05) is 36.8 Å². The van der Waals surface area contributed by atoms with Crippen molar-refractivity contribution in [3.63, 3.8) is 0 Å². The molecule has 0 aliphatic heterocycles. The zero-order chi connectivity index (χ0) is 29.6. The molecule has 6 rings (SSSR count). The quantitative estimate of drug-likeness (QED) is 0.136. The van der Waals surface area contributed by atoms with Crippen LogP contribution in [0.1, 0.15) is 70.9 Å². The summed E-state index contributed by atoms with van der Waals surface area (Å²) in [6.07, 6.45) is 4.31. The average molecular weight is 569 g/mol. The second-order valence-corrected chi connectivity index (χ2v) is 11.4. The summed E-state index contributed by atoms with van der Waals surface area (Å²) >= 11 is 0. The molecule has 0 unspecified atom stereocenters. The Balaban J connectivity index is 1.21. The summed E-state index contributed by atoms with van der Waals surface area (Å²) in [5.41, 5.74) is 3.91. The minimum Gasteiger partial charge on any atom is -0.458 e. The number of ether oxygens (including phenoxy) is 2. The Morgan fingerprint density at radius 2 is 1.55 bits per heavy atom. The van der Waals surface area contributed by atoms with Gasteiger partial charge in [-0.25, -0.2) is 9.59 Å². The second-order valence-electron chi connectivity index (χ2n) is 11.4. The molecule has 0 amide bonds. The minimum absolute atomic E-state index is 0.200. The third-order valence-electron chi connectivity index (χ3n) is 9.07. The summed E-state index contributed by atoms with van der Waals surface area (Å²) in [7, 11) is 0. The average Bonchev–Trinajstić information content (AvgIpc) is 3.32. The lowest BCUT2D eigenvalue weighted by molar-refractivity contribution is -0.394. The molecule has 3 atom stereocenters. The van der Waals surface area contributed by atoms with Crippen LogP contribution >= 0.6 is 0 Å². The van der Waals surface area contributed by atoms with Crippen molar-refractivity contribution in [2.75, 3.05) is 0 Å². The Morgan fingerprint density at radius 1 is 0.833 bits per heavy atom. The Morgan fingerprint density at radius 3 is 2.24 bits per heavy atom. The number of hydrogen-bond acceptors (Lipinski definition) is 8. The normalized spacial score (nSPS) is 22.4. The maximum absolute atomic E-state index is 13.1. The SMILES string of the molecule is C[C@]12CCC3=C(CCc4cc(OC(=O)c5ccccc5)ccc43)[C@@H]1CC[C@H]2OC(=O)c1cc([N+](=O)[O-])cc([N+](=O)[O-])c1. The maximum atomic E-state index is 13.1. The van der Waals surface area contributed by atoms with E-state index in [0.29, 0.717) is 17.7 Å². The highest BCUT2D eigenvalue weighted by molar-refractivity contribution is 5.92. The summed E-state index contributed by atoms with van der Waals surface area (Å²) < 4.78 is 11.6. The van der Waals surface area contributed by atoms with E-state index in [4.69, 9.17) is 9.47 Å². The van der Waals surface area contributed by atoms with Gasteiger partial charge in [0.2, 0.25) is 0 Å². The van der Waals surface area contributed by atoms with E-state index in [-0.39, 0.29) is 16.9 Å². The van der Waals surface area contributed by atoms with E-state index in [1.807, 2.05) is 24.3 Å². The number of carbonyl (C=O) groups excluding carboxylic acids is 2. The van der Waals surface area contributed by atoms with Crippen molar-refractivity contribution >= 4 is 28.9 Å². The van der Waals surface area contributed by atoms with Crippen LogP contribution < -0.4 is 4.74 Å². The third-order valence-corrected chi connectivity index (χ3v) is 9.07. The number of hydrogen-bond donors (Lipinski definition) is 0. The number of rotatable bonds is 6. The first-order chi connectivity index (χ1) is 20.1. The van der Waals surface area contributed by atoms with Gasteiger partial charge >= 0.3 is 11.9 Å². The topological polar surface area (TPSA) is 139 Å². The molecule has 0 heterocycles. The molecule has 0 saturated heterocycles. The van der Waals surface area contributed by atoms with Gasteiger partial charge in [-0.05, 0) is 85.4 Å². The molecule has 3 aromatic rings. The van der Waals surface area contributed by atoms with Crippen LogP contribution in [0.5, 0.6) is 5.75 Å². The molecule has 0 N–H and O–H groups in total. The van der Waals surface area contributed by atoms with Crippen LogP contribution in [0.4, 0.5) is 11.4 Å². The van der Waals surface area contributed by atoms with Gasteiger partial charge in [-0.3, -0.25) is 20.2 Å². The molecule has 10 nitrogen and oxygen atoms in total. The molecule has 0 bridgehead atoms. The van der Waals surface area contributed by atoms with Gasteiger partial charge in [0, 0.05) is 17.5 Å². The lowest BCUT2D eigenvalue weighted by atomic mass is 9.62. The molecule has 10 heteroatoms. The number of nitro benzene ring substituents is 2. The number of benzene rings is 3. The number of non-ortho nitro benzene ring substituents is 2. The van der Waals surface area contributed by atoms with Crippen molar-refractivity contribution in [2.45, 2.75) is 51.6 Å². The molecule has 1 saturated carbocycles. The van der Waals surface area contributed by atoms with Gasteiger partial charge < -0.3 is 9.47 Å². The summed E-state index contributed by atoms with van der Waals surface area (Å²) in [4.78, 5) is 46.7. The molecule has 42 heavy (non-hydrogen) atoms. The second kappa shape index (κ2) is 10.5. The molecule has 3 aromatic carbocycles. The summed E-state index contributed by atoms with van der Waals surface area (Å²) in [5.74, 6) is -0.463. The standard InChI is InChI=1S/C32H28N2O8/c1-32-14-13-26-25-10-8-24(41-30(35)19-5-3-2-4-6-19)17-20(25)7-9-27(26)28(32)11-12-29(32)42-31(36)21-15-22(33(37)38)18-23(16-21)34(39)40/h2-6,8,10,15-18,28-29H,7,9,11-14H2,1H3/t28-,29+,32-/m0/s1. The van der Waals surface area contributed by atoms with Gasteiger partial charge in [0.05, 0.1) is 27.0 Å². The molecule has 1 fully saturated rings. The van der Waals surface area contributed by atoms with E-state index < -0.39 is 39.3 Å². The Hall–Kier alpha value is -4.86. The highest BCUT2D eigenvalue weighted by atomic mass is 16.6. The number of nitrogens with zero attached hydrogens (tertiary/aromatic N) is 2. The Kier molecular flexibility index (Phi) is 6.84. The summed E-state index contributed by atoms with van der Waals surface area (Å²) in [6.45, 7) is 2.13. The van der Waals surface area contributed by atoms with E-state index in [2.05, 4.69) is 6.92 Å². The first-order valence-electron chi connectivity index (χ1n) is 13.9. The highest BCUT2D eigenvalue weighted by Gasteiger charge is 2.52. The van der Waals surface area contributed by atoms with E-state index in [0.717, 1.165) is 55.9 Å². The molecule has 0 spiro atoms. The third kappa shape index (κ3) is 4.82. The van der Waals surface area contributed by atoms with Gasteiger partial charge in [0.1, 0.15) is 11.9 Å². The zero-order valence-corrected chi connectivity index (χ0v) is 22.9. The number of esters is 2. The molecule has 3 aliphatic carbocycles.